The fourth-order valence-electron chi connectivity index (χ4n) is 2.55. The van der Waals surface area contributed by atoms with Gasteiger partial charge in [-0.1, -0.05) is 18.2 Å². The molecule has 0 amide bonds. The van der Waals surface area contributed by atoms with Crippen LogP contribution in [-0.2, 0) is 0 Å². The average Bonchev–Trinajstić information content (AvgIpc) is 2.68. The van der Waals surface area contributed by atoms with Crippen LogP contribution in [0.25, 0.3) is 22.3 Å². The Hall–Kier alpha value is -3.04. The Labute approximate surface area is 149 Å². The van der Waals surface area contributed by atoms with Crippen LogP contribution in [0, 0.1) is 58.2 Å². The summed E-state index contributed by atoms with van der Waals surface area (Å²) in [7, 11) is 0. The monoisotopic (exact) mass is 410 g/mol. The lowest BCUT2D eigenvalue weighted by molar-refractivity contribution is 0.381. The number of hydrogen-bond donors (Lipinski definition) is 0. The number of halogens is 10. The summed E-state index contributed by atoms with van der Waals surface area (Å²) in [5.41, 5.74) is -4.34. The molecule has 3 aromatic carbocycles. The first-order chi connectivity index (χ1) is 13.1. The van der Waals surface area contributed by atoms with E-state index in [9.17, 15) is 43.9 Å². The van der Waals surface area contributed by atoms with Gasteiger partial charge < -0.3 is 0 Å². The lowest BCUT2D eigenvalue weighted by Gasteiger charge is -2.12. The smallest absolute Gasteiger partial charge is 0.200 e. The minimum atomic E-state index is -2.42. The molecule has 0 spiro atoms. The molecule has 0 aromatic heterocycles. The van der Waals surface area contributed by atoms with E-state index in [4.69, 9.17) is 0 Å². The van der Waals surface area contributed by atoms with Crippen molar-refractivity contribution in [2.75, 3.05) is 0 Å². The molecule has 0 nitrogen and oxygen atoms in total. The molecule has 146 valence electrons. The Kier molecular flexibility index (Phi) is 4.82. The van der Waals surface area contributed by atoms with Gasteiger partial charge in [0.1, 0.15) is 0 Å². The Bertz CT molecular complexity index is 977. The van der Waals surface area contributed by atoms with Gasteiger partial charge in [0.05, 0.1) is 11.1 Å². The van der Waals surface area contributed by atoms with Crippen LogP contribution in [0.5, 0.6) is 0 Å². The lowest BCUT2D eigenvalue weighted by Crippen LogP contribution is -2.05. The van der Waals surface area contributed by atoms with Crippen molar-refractivity contribution in [1.29, 1.82) is 0 Å². The molecule has 28 heavy (non-hydrogen) atoms. The maximum atomic E-state index is 13.9. The highest BCUT2D eigenvalue weighted by Crippen LogP contribution is 2.36. The van der Waals surface area contributed by atoms with E-state index in [1.165, 1.54) is 0 Å². The van der Waals surface area contributed by atoms with E-state index in [1.807, 2.05) is 0 Å². The minimum Gasteiger partial charge on any atom is -0.203 e. The molecule has 3 aromatic rings. The highest BCUT2D eigenvalue weighted by Gasteiger charge is 2.29. The number of rotatable bonds is 2. The van der Waals surface area contributed by atoms with Crippen molar-refractivity contribution in [2.24, 2.45) is 0 Å². The average molecular weight is 410 g/mol. The second kappa shape index (κ2) is 6.84. The van der Waals surface area contributed by atoms with Crippen LogP contribution in [-0.4, -0.2) is 0 Å². The topological polar surface area (TPSA) is 0 Å². The Morgan fingerprint density at radius 3 is 0.893 bits per heavy atom. The van der Waals surface area contributed by atoms with Gasteiger partial charge in [-0.15, -0.1) is 0 Å². The third-order valence-electron chi connectivity index (χ3n) is 3.86. The zero-order valence-corrected chi connectivity index (χ0v) is 13.1. The SMILES string of the molecule is Fc1c(F)c(F)c(-c2cccc(-c3c(F)c(F)c(F)c(F)c3F)c2)c(F)c1F. The van der Waals surface area contributed by atoms with E-state index < -0.39 is 80.4 Å². The van der Waals surface area contributed by atoms with Gasteiger partial charge in [-0.3, -0.25) is 0 Å². The highest BCUT2D eigenvalue weighted by atomic mass is 19.2. The fraction of sp³-hybridized carbons (Fsp3) is 0. The molecule has 0 fully saturated rings. The molecule has 0 radical (unpaired) electrons. The maximum Gasteiger partial charge on any atom is 0.200 e. The zero-order valence-electron chi connectivity index (χ0n) is 13.1. The van der Waals surface area contributed by atoms with Crippen molar-refractivity contribution >= 4 is 0 Å². The predicted molar refractivity (Wildman–Crippen MR) is 76.9 cm³/mol. The van der Waals surface area contributed by atoms with Crippen LogP contribution in [0.4, 0.5) is 43.9 Å². The number of benzene rings is 3. The van der Waals surface area contributed by atoms with E-state index in [-0.39, 0.29) is 0 Å². The van der Waals surface area contributed by atoms with Crippen molar-refractivity contribution in [3.8, 4) is 22.3 Å². The molecule has 0 bridgehead atoms. The molecular formula is C18H4F10. The van der Waals surface area contributed by atoms with Crippen molar-refractivity contribution in [2.45, 2.75) is 0 Å². The van der Waals surface area contributed by atoms with Crippen LogP contribution < -0.4 is 0 Å². The van der Waals surface area contributed by atoms with Crippen LogP contribution >= 0.6 is 0 Å². The molecular weight excluding hydrogens is 406 g/mol. The van der Waals surface area contributed by atoms with Gasteiger partial charge in [0, 0.05) is 0 Å². The highest BCUT2D eigenvalue weighted by molar-refractivity contribution is 5.74. The maximum absolute atomic E-state index is 13.9. The molecule has 0 saturated heterocycles. The molecule has 0 aliphatic rings. The van der Waals surface area contributed by atoms with Crippen molar-refractivity contribution in [3.05, 3.63) is 82.4 Å². The van der Waals surface area contributed by atoms with E-state index >= 15 is 0 Å². The second-order valence-corrected chi connectivity index (χ2v) is 5.47. The van der Waals surface area contributed by atoms with E-state index in [0.717, 1.165) is 18.2 Å². The molecule has 10 heteroatoms. The van der Waals surface area contributed by atoms with Crippen LogP contribution in [0.3, 0.4) is 0 Å². The van der Waals surface area contributed by atoms with Crippen molar-refractivity contribution in [3.63, 3.8) is 0 Å². The summed E-state index contributed by atoms with van der Waals surface area (Å²) >= 11 is 0. The summed E-state index contributed by atoms with van der Waals surface area (Å²) in [5.74, 6) is -22.8. The van der Waals surface area contributed by atoms with Crippen LogP contribution in [0.15, 0.2) is 24.3 Å². The largest absolute Gasteiger partial charge is 0.203 e. The van der Waals surface area contributed by atoms with Gasteiger partial charge in [-0.25, -0.2) is 43.9 Å². The summed E-state index contributed by atoms with van der Waals surface area (Å²) in [6.45, 7) is 0. The number of hydrogen-bond acceptors (Lipinski definition) is 0. The van der Waals surface area contributed by atoms with Gasteiger partial charge >= 0.3 is 0 Å². The molecule has 0 aliphatic heterocycles. The Morgan fingerprint density at radius 2 is 0.607 bits per heavy atom. The summed E-state index contributed by atoms with van der Waals surface area (Å²) < 4.78 is 135. The summed E-state index contributed by atoms with van der Waals surface area (Å²) in [4.78, 5) is 0. The molecule has 3 rings (SSSR count). The first kappa shape index (κ1) is 19.7. The first-order valence-corrected chi connectivity index (χ1v) is 7.21. The fourth-order valence-corrected chi connectivity index (χ4v) is 2.55. The van der Waals surface area contributed by atoms with E-state index in [2.05, 4.69) is 0 Å². The lowest BCUT2D eigenvalue weighted by atomic mass is 9.97. The Balaban J connectivity index is 2.31. The molecule has 0 unspecified atom stereocenters. The minimum absolute atomic E-state index is 0.524. The van der Waals surface area contributed by atoms with E-state index in [1.54, 1.807) is 0 Å². The Morgan fingerprint density at radius 1 is 0.357 bits per heavy atom. The molecule has 0 N–H and O–H groups in total. The third kappa shape index (κ3) is 2.79. The molecule has 0 saturated carbocycles. The van der Waals surface area contributed by atoms with Gasteiger partial charge in [-0.2, -0.15) is 0 Å². The molecule has 0 aliphatic carbocycles. The van der Waals surface area contributed by atoms with Gasteiger partial charge in [0.15, 0.2) is 46.5 Å². The van der Waals surface area contributed by atoms with Crippen LogP contribution in [0.1, 0.15) is 0 Å². The zero-order chi connectivity index (χ0) is 20.9. The van der Waals surface area contributed by atoms with Crippen LogP contribution in [0.2, 0.25) is 0 Å². The van der Waals surface area contributed by atoms with Gasteiger partial charge in [-0.05, 0) is 17.2 Å². The van der Waals surface area contributed by atoms with Gasteiger partial charge in [0.25, 0.3) is 0 Å². The summed E-state index contributed by atoms with van der Waals surface area (Å²) in [5, 5.41) is 0. The van der Waals surface area contributed by atoms with Crippen molar-refractivity contribution < 1.29 is 43.9 Å². The molecule has 0 atom stereocenters. The van der Waals surface area contributed by atoms with E-state index in [0.29, 0.717) is 6.07 Å². The molecule has 0 heterocycles. The second-order valence-electron chi connectivity index (χ2n) is 5.47. The summed E-state index contributed by atoms with van der Waals surface area (Å²) in [6.07, 6.45) is 0. The standard InChI is InChI=1S/C18H4F10/c19-9-7(10(20)14(24)17(27)13(9)23)5-2-1-3-6(4-5)8-11(21)15(25)18(28)16(26)12(8)22/h1-4H. The summed E-state index contributed by atoms with van der Waals surface area (Å²) in [6, 6.07) is 3.05. The van der Waals surface area contributed by atoms with Crippen molar-refractivity contribution in [1.82, 2.24) is 0 Å². The first-order valence-electron chi connectivity index (χ1n) is 7.21. The predicted octanol–water partition coefficient (Wildman–Crippen LogP) is 6.41. The quantitative estimate of drug-likeness (QED) is 0.260. The van der Waals surface area contributed by atoms with Gasteiger partial charge in [0.2, 0.25) is 11.6 Å². The normalized spacial score (nSPS) is 11.2. The third-order valence-corrected chi connectivity index (χ3v) is 3.86.